The van der Waals surface area contributed by atoms with E-state index in [-0.39, 0.29) is 12.4 Å². The first-order chi connectivity index (χ1) is 10.2. The molecule has 0 aliphatic carbocycles. The van der Waals surface area contributed by atoms with Crippen LogP contribution in [0.15, 0.2) is 10.9 Å². The minimum absolute atomic E-state index is 0. The molecule has 0 amide bonds. The Hall–Kier alpha value is -0.530. The second-order valence-corrected chi connectivity index (χ2v) is 7.75. The Balaban J connectivity index is 0.00000176. The molecule has 1 aliphatic heterocycles. The number of hydrogen-bond acceptors (Lipinski definition) is 6. The number of rotatable bonds is 6. The van der Waals surface area contributed by atoms with Gasteiger partial charge in [0.2, 0.25) is 0 Å². The van der Waals surface area contributed by atoms with Gasteiger partial charge >= 0.3 is 0 Å². The van der Waals surface area contributed by atoms with Crippen LogP contribution in [0, 0.1) is 19.8 Å². The molecule has 3 heterocycles. The van der Waals surface area contributed by atoms with Crippen molar-refractivity contribution < 1.29 is 0 Å². The van der Waals surface area contributed by atoms with E-state index in [0.29, 0.717) is 0 Å². The smallest absolute Gasteiger partial charge is 0.0897 e. The summed E-state index contributed by atoms with van der Waals surface area (Å²) in [4.78, 5) is 12.9. The fourth-order valence-electron chi connectivity index (χ4n) is 2.81. The number of aryl methyl sites for hydroxylation is 2. The van der Waals surface area contributed by atoms with Crippen molar-refractivity contribution in [2.24, 2.45) is 5.92 Å². The lowest BCUT2D eigenvalue weighted by Crippen LogP contribution is -2.30. The summed E-state index contributed by atoms with van der Waals surface area (Å²) in [6, 6.07) is 0. The fourth-order valence-corrected chi connectivity index (χ4v) is 4.23. The molecular formula is C15H23ClN4S2. The van der Waals surface area contributed by atoms with Gasteiger partial charge in [-0.05, 0) is 39.3 Å². The molecule has 2 aromatic heterocycles. The highest BCUT2D eigenvalue weighted by atomic mass is 35.5. The Labute approximate surface area is 146 Å². The summed E-state index contributed by atoms with van der Waals surface area (Å²) in [5.41, 5.74) is 4.32. The van der Waals surface area contributed by atoms with Crippen molar-refractivity contribution >= 4 is 35.1 Å². The Morgan fingerprint density at radius 3 is 2.77 bits per heavy atom. The largest absolute Gasteiger partial charge is 0.316 e. The van der Waals surface area contributed by atoms with Gasteiger partial charge in [0.15, 0.2) is 0 Å². The third-order valence-corrected chi connectivity index (χ3v) is 5.69. The second-order valence-electron chi connectivity index (χ2n) is 5.75. The van der Waals surface area contributed by atoms with Gasteiger partial charge in [0.25, 0.3) is 0 Å². The predicted octanol–water partition coefficient (Wildman–Crippen LogP) is 3.25. The van der Waals surface area contributed by atoms with E-state index < -0.39 is 0 Å². The maximum atomic E-state index is 4.63. The zero-order chi connectivity index (χ0) is 14.7. The third kappa shape index (κ3) is 4.73. The molecule has 2 aromatic rings. The summed E-state index contributed by atoms with van der Waals surface area (Å²) < 4.78 is 0. The van der Waals surface area contributed by atoms with E-state index in [4.69, 9.17) is 0 Å². The molecule has 0 radical (unpaired) electrons. The van der Waals surface area contributed by atoms with Crippen LogP contribution in [0.1, 0.15) is 27.7 Å². The van der Waals surface area contributed by atoms with Gasteiger partial charge in [-0.3, -0.25) is 4.90 Å². The lowest BCUT2D eigenvalue weighted by atomic mass is 10.1. The van der Waals surface area contributed by atoms with E-state index in [1.165, 1.54) is 22.7 Å². The van der Waals surface area contributed by atoms with Gasteiger partial charge in [0.1, 0.15) is 0 Å². The average molecular weight is 359 g/mol. The Morgan fingerprint density at radius 1 is 1.32 bits per heavy atom. The highest BCUT2D eigenvalue weighted by Gasteiger charge is 2.20. The van der Waals surface area contributed by atoms with E-state index in [9.17, 15) is 0 Å². The van der Waals surface area contributed by atoms with Crippen molar-refractivity contribution in [3.8, 4) is 0 Å². The number of nitrogens with one attached hydrogen (secondary N) is 1. The van der Waals surface area contributed by atoms with Crippen molar-refractivity contribution in [1.29, 1.82) is 0 Å². The first kappa shape index (κ1) is 17.8. The Bertz CT molecular complexity index is 578. The highest BCUT2D eigenvalue weighted by Crippen LogP contribution is 2.20. The van der Waals surface area contributed by atoms with E-state index in [1.54, 1.807) is 22.7 Å². The van der Waals surface area contributed by atoms with Crippen molar-refractivity contribution in [2.45, 2.75) is 33.4 Å². The lowest BCUT2D eigenvalue weighted by Gasteiger charge is -2.24. The van der Waals surface area contributed by atoms with Crippen LogP contribution in [-0.2, 0) is 13.1 Å². The Morgan fingerprint density at radius 2 is 2.18 bits per heavy atom. The van der Waals surface area contributed by atoms with Crippen molar-refractivity contribution in [3.05, 3.63) is 32.2 Å². The van der Waals surface area contributed by atoms with E-state index in [2.05, 4.69) is 39.4 Å². The summed E-state index contributed by atoms with van der Waals surface area (Å²) in [5.74, 6) is 0.762. The molecule has 1 atom stereocenters. The molecule has 122 valence electrons. The number of halogens is 1. The van der Waals surface area contributed by atoms with Crippen LogP contribution in [0.3, 0.4) is 0 Å². The second kappa shape index (κ2) is 8.36. The molecule has 4 nitrogen and oxygen atoms in total. The monoisotopic (exact) mass is 358 g/mol. The number of aromatic nitrogens is 2. The zero-order valence-electron chi connectivity index (χ0n) is 13.0. The highest BCUT2D eigenvalue weighted by molar-refractivity contribution is 7.09. The molecule has 3 rings (SSSR count). The van der Waals surface area contributed by atoms with Gasteiger partial charge in [-0.2, -0.15) is 0 Å². The van der Waals surface area contributed by atoms with Crippen LogP contribution in [0.4, 0.5) is 0 Å². The summed E-state index contributed by atoms with van der Waals surface area (Å²) >= 11 is 3.51. The number of nitrogens with zero attached hydrogens (tertiary/aromatic N) is 3. The molecule has 1 saturated heterocycles. The summed E-state index contributed by atoms with van der Waals surface area (Å²) in [7, 11) is 0. The molecule has 0 spiro atoms. The fraction of sp³-hybridized carbons (Fsp3) is 0.600. The van der Waals surface area contributed by atoms with Crippen LogP contribution in [0.2, 0.25) is 0 Å². The molecule has 1 N–H and O–H groups in total. The minimum atomic E-state index is 0. The third-order valence-electron chi connectivity index (χ3n) is 3.94. The van der Waals surface area contributed by atoms with Gasteiger partial charge in [0, 0.05) is 29.9 Å². The maximum Gasteiger partial charge on any atom is 0.0897 e. The van der Waals surface area contributed by atoms with Crippen molar-refractivity contribution in [2.75, 3.05) is 19.6 Å². The van der Waals surface area contributed by atoms with Crippen molar-refractivity contribution in [1.82, 2.24) is 20.2 Å². The Kier molecular flexibility index (Phi) is 6.77. The number of thiazole rings is 2. The van der Waals surface area contributed by atoms with Crippen molar-refractivity contribution in [3.63, 3.8) is 0 Å². The van der Waals surface area contributed by atoms with Crippen LogP contribution in [0.5, 0.6) is 0 Å². The molecule has 22 heavy (non-hydrogen) atoms. The molecular weight excluding hydrogens is 336 g/mol. The summed E-state index contributed by atoms with van der Waals surface area (Å²) in [6.45, 7) is 9.56. The molecule has 0 bridgehead atoms. The molecule has 1 aliphatic rings. The average Bonchev–Trinajstić information content (AvgIpc) is 3.16. The molecule has 7 heteroatoms. The molecule has 1 unspecified atom stereocenters. The van der Waals surface area contributed by atoms with Gasteiger partial charge in [0.05, 0.1) is 21.9 Å². The molecule has 1 fully saturated rings. The van der Waals surface area contributed by atoms with Crippen LogP contribution < -0.4 is 5.32 Å². The van der Waals surface area contributed by atoms with Gasteiger partial charge < -0.3 is 5.32 Å². The van der Waals surface area contributed by atoms with Gasteiger partial charge in [-0.1, -0.05) is 0 Å². The first-order valence-electron chi connectivity index (χ1n) is 7.43. The van der Waals surface area contributed by atoms with Crippen LogP contribution >= 0.6 is 35.1 Å². The first-order valence-corrected chi connectivity index (χ1v) is 9.19. The standard InChI is InChI=1S/C15H22N4S2.ClH/c1-11-15(21-10-17-11)8-19(6-13-3-4-16-5-13)7-14-9-20-12(2)18-14;/h9-10,13,16H,3-8H2,1-2H3;1H. The summed E-state index contributed by atoms with van der Waals surface area (Å²) in [5, 5.41) is 6.81. The minimum Gasteiger partial charge on any atom is -0.316 e. The SMILES string of the molecule is Cc1nc(CN(Cc2scnc2C)CC2CCNC2)cs1.Cl. The topological polar surface area (TPSA) is 41.1 Å². The van der Waals surface area contributed by atoms with E-state index in [1.807, 2.05) is 5.51 Å². The van der Waals surface area contributed by atoms with Crippen LogP contribution in [0.25, 0.3) is 0 Å². The number of hydrogen-bond donors (Lipinski definition) is 1. The predicted molar refractivity (Wildman–Crippen MR) is 96.0 cm³/mol. The normalized spacial score (nSPS) is 17.9. The molecule has 0 saturated carbocycles. The quantitative estimate of drug-likeness (QED) is 0.860. The van der Waals surface area contributed by atoms with Crippen LogP contribution in [-0.4, -0.2) is 34.5 Å². The molecule has 0 aromatic carbocycles. The van der Waals surface area contributed by atoms with E-state index in [0.717, 1.165) is 43.6 Å². The van der Waals surface area contributed by atoms with Gasteiger partial charge in [-0.25, -0.2) is 9.97 Å². The summed E-state index contributed by atoms with van der Waals surface area (Å²) in [6.07, 6.45) is 1.29. The van der Waals surface area contributed by atoms with E-state index >= 15 is 0 Å². The zero-order valence-corrected chi connectivity index (χ0v) is 15.5. The van der Waals surface area contributed by atoms with Gasteiger partial charge in [-0.15, -0.1) is 35.1 Å². The maximum absolute atomic E-state index is 4.63. The lowest BCUT2D eigenvalue weighted by molar-refractivity contribution is 0.220.